The number of nitrogens with two attached hydrogens (primary N) is 1. The average Bonchev–Trinajstić information content (AvgIpc) is 3.13. The van der Waals surface area contributed by atoms with E-state index in [0.717, 1.165) is 0 Å². The molecule has 1 aliphatic heterocycles. The first kappa shape index (κ1) is 46.1. The number of para-hydroxylation sites is 1. The van der Waals surface area contributed by atoms with Crippen molar-refractivity contribution in [1.29, 1.82) is 0 Å². The molecule has 1 heterocycles. The third-order valence-electron chi connectivity index (χ3n) is 7.01. The standard InChI is InChI=1S/C18H24N4O18.C13H11NO3/c23-11(1-5-19(28)29)36-9-10-15(38-12(24)2-6-20(30)31)16(39-13(25)3-7-21(32)33)17(18(27)37-10)40-14(26)4-8-22(34)35;14-9-6-7-11(12(15)8-9)13(16)17-10-4-2-1-3-5-10/h10,15-18,27H,1-9H2;1-8,15H,14H2. The maximum Gasteiger partial charge on any atom is 0.347 e. The second-order valence-corrected chi connectivity index (χ2v) is 11.3. The predicted molar refractivity (Wildman–Crippen MR) is 181 cm³/mol. The number of nitrogens with zero attached hydrogens (tertiary/aromatic N) is 4. The number of aromatic hydroxyl groups is 1. The lowest BCUT2D eigenvalue weighted by atomic mass is 9.98. The van der Waals surface area contributed by atoms with E-state index < -0.39 is 139 Å². The Morgan fingerprint density at radius 2 is 1.12 bits per heavy atom. The number of hydrogen-bond donors (Lipinski definition) is 3. The highest BCUT2D eigenvalue weighted by molar-refractivity contribution is 5.94. The number of aliphatic hydroxyl groups excluding tert-OH is 1. The van der Waals surface area contributed by atoms with Gasteiger partial charge in [-0.05, 0) is 24.3 Å². The zero-order valence-corrected chi connectivity index (χ0v) is 29.4. The molecule has 1 saturated heterocycles. The van der Waals surface area contributed by atoms with Gasteiger partial charge in [-0.25, -0.2) is 4.79 Å². The molecule has 3 rings (SSSR count). The van der Waals surface area contributed by atoms with E-state index in [2.05, 4.69) is 0 Å². The summed E-state index contributed by atoms with van der Waals surface area (Å²) in [6, 6.07) is 12.9. The van der Waals surface area contributed by atoms with E-state index in [4.69, 9.17) is 34.2 Å². The van der Waals surface area contributed by atoms with E-state index in [-0.39, 0.29) is 11.3 Å². The number of anilines is 1. The van der Waals surface area contributed by atoms with E-state index in [9.17, 15) is 74.6 Å². The second-order valence-electron chi connectivity index (χ2n) is 11.3. The third kappa shape index (κ3) is 17.3. The maximum atomic E-state index is 12.3. The highest BCUT2D eigenvalue weighted by Crippen LogP contribution is 2.29. The highest BCUT2D eigenvalue weighted by atomic mass is 16.7. The maximum absolute atomic E-state index is 12.3. The number of carbonyl (C=O) groups excluding carboxylic acids is 5. The third-order valence-corrected chi connectivity index (χ3v) is 7.01. The normalized spacial score (nSPS) is 18.3. The van der Waals surface area contributed by atoms with Crippen molar-refractivity contribution in [1.82, 2.24) is 0 Å². The van der Waals surface area contributed by atoms with Crippen molar-refractivity contribution in [3.8, 4) is 11.5 Å². The molecule has 26 heteroatoms. The van der Waals surface area contributed by atoms with Crippen LogP contribution in [0.3, 0.4) is 0 Å². The van der Waals surface area contributed by atoms with Gasteiger partial charge in [-0.15, -0.1) is 0 Å². The molecule has 5 unspecified atom stereocenters. The Morgan fingerprint density at radius 1 is 0.667 bits per heavy atom. The molecule has 0 spiro atoms. The molecular weight excluding hydrogens is 778 g/mol. The molecule has 0 aliphatic carbocycles. The number of ether oxygens (including phenoxy) is 6. The number of hydrogen-bond acceptors (Lipinski definition) is 22. The molecule has 2 aromatic rings. The zero-order chi connectivity index (χ0) is 42.7. The van der Waals surface area contributed by atoms with Crippen LogP contribution >= 0.6 is 0 Å². The lowest BCUT2D eigenvalue weighted by molar-refractivity contribution is -0.479. The van der Waals surface area contributed by atoms with Gasteiger partial charge in [-0.1, -0.05) is 18.2 Å². The van der Waals surface area contributed by atoms with Crippen LogP contribution in [0.4, 0.5) is 5.69 Å². The van der Waals surface area contributed by atoms with Crippen molar-refractivity contribution >= 4 is 35.5 Å². The molecule has 5 atom stereocenters. The van der Waals surface area contributed by atoms with Crippen LogP contribution in [0.2, 0.25) is 0 Å². The van der Waals surface area contributed by atoms with E-state index in [1.54, 1.807) is 24.3 Å². The Balaban J connectivity index is 0.000000542. The van der Waals surface area contributed by atoms with Gasteiger partial charge in [0.1, 0.15) is 55.5 Å². The SMILES string of the molecule is Nc1ccc(C(=O)Oc2ccccc2)c(O)c1.O=C(CC[N+](=O)[O-])OCC1OC(O)C(OC(=O)CC[N+](=O)[O-])C(OC(=O)CC[N+](=O)[O-])C1OC(=O)CC[N+](=O)[O-]. The summed E-state index contributed by atoms with van der Waals surface area (Å²) in [4.78, 5) is 99.0. The number of nitrogen functional groups attached to an aromatic ring is 1. The van der Waals surface area contributed by atoms with E-state index in [1.165, 1.54) is 18.2 Å². The van der Waals surface area contributed by atoms with Crippen molar-refractivity contribution in [2.45, 2.75) is 56.4 Å². The minimum Gasteiger partial charge on any atom is -0.507 e. The summed E-state index contributed by atoms with van der Waals surface area (Å²) in [5.41, 5.74) is 5.94. The Labute approximate surface area is 318 Å². The molecule has 0 bridgehead atoms. The number of carbonyl (C=O) groups is 5. The van der Waals surface area contributed by atoms with Gasteiger partial charge in [0.2, 0.25) is 26.2 Å². The monoisotopic (exact) mass is 813 g/mol. The summed E-state index contributed by atoms with van der Waals surface area (Å²) < 4.78 is 30.2. The van der Waals surface area contributed by atoms with E-state index >= 15 is 0 Å². The first-order valence-corrected chi connectivity index (χ1v) is 16.3. The van der Waals surface area contributed by atoms with Crippen LogP contribution in [0.1, 0.15) is 36.0 Å². The molecule has 4 N–H and O–H groups in total. The van der Waals surface area contributed by atoms with Gasteiger partial charge in [-0.2, -0.15) is 0 Å². The number of rotatable bonds is 19. The fraction of sp³-hybridized carbons (Fsp3) is 0.452. The van der Waals surface area contributed by atoms with Gasteiger partial charge in [0, 0.05) is 31.4 Å². The first-order valence-electron chi connectivity index (χ1n) is 16.3. The van der Waals surface area contributed by atoms with Crippen LogP contribution in [0.5, 0.6) is 11.5 Å². The van der Waals surface area contributed by atoms with Crippen molar-refractivity contribution in [3.63, 3.8) is 0 Å². The second kappa shape index (κ2) is 23.0. The summed E-state index contributed by atoms with van der Waals surface area (Å²) in [7, 11) is 0. The minimum absolute atomic E-state index is 0.0862. The molecule has 310 valence electrons. The van der Waals surface area contributed by atoms with Crippen LogP contribution in [-0.2, 0) is 42.9 Å². The lowest BCUT2D eigenvalue weighted by Crippen LogP contribution is -2.62. The van der Waals surface area contributed by atoms with Gasteiger partial charge in [0.05, 0.1) is 0 Å². The van der Waals surface area contributed by atoms with E-state index in [1.807, 2.05) is 6.07 Å². The lowest BCUT2D eigenvalue weighted by Gasteiger charge is -2.42. The average molecular weight is 814 g/mol. The van der Waals surface area contributed by atoms with E-state index in [0.29, 0.717) is 11.4 Å². The molecule has 0 saturated carbocycles. The molecule has 57 heavy (non-hydrogen) atoms. The quantitative estimate of drug-likeness (QED) is 0.0414. The van der Waals surface area contributed by atoms with Gasteiger partial charge < -0.3 is 44.4 Å². The van der Waals surface area contributed by atoms with Gasteiger partial charge in [-0.3, -0.25) is 59.6 Å². The molecule has 26 nitrogen and oxygen atoms in total. The Bertz CT molecular complexity index is 1780. The molecular formula is C31H35N5O21. The number of phenols is 1. The first-order chi connectivity index (χ1) is 26.9. The molecule has 0 amide bonds. The topological polar surface area (TPSA) is 380 Å². The van der Waals surface area contributed by atoms with Crippen molar-refractivity contribution in [2.24, 2.45) is 0 Å². The Hall–Kier alpha value is -7.09. The van der Waals surface area contributed by atoms with Crippen LogP contribution in [0, 0.1) is 40.5 Å². The molecule has 0 radical (unpaired) electrons. The number of esters is 5. The Kier molecular flexibility index (Phi) is 18.6. The number of phenolic OH excluding ortho intramolecular Hbond substituents is 1. The summed E-state index contributed by atoms with van der Waals surface area (Å²) in [5.74, 6) is -5.44. The van der Waals surface area contributed by atoms with Gasteiger partial charge >= 0.3 is 29.8 Å². The molecule has 1 aliphatic rings. The fourth-order valence-electron chi connectivity index (χ4n) is 4.41. The molecule has 2 aromatic carbocycles. The van der Waals surface area contributed by atoms with Gasteiger partial charge in [0.25, 0.3) is 0 Å². The number of benzene rings is 2. The van der Waals surface area contributed by atoms with Crippen LogP contribution in [-0.4, -0.2) is 123 Å². The van der Waals surface area contributed by atoms with Crippen molar-refractivity contribution in [3.05, 3.63) is 94.6 Å². The summed E-state index contributed by atoms with van der Waals surface area (Å²) in [6.45, 7) is -4.46. The van der Waals surface area contributed by atoms with Crippen LogP contribution in [0.25, 0.3) is 0 Å². The summed E-state index contributed by atoms with van der Waals surface area (Å²) in [5, 5.41) is 62.2. The fourth-order valence-corrected chi connectivity index (χ4v) is 4.41. The zero-order valence-electron chi connectivity index (χ0n) is 29.4. The van der Waals surface area contributed by atoms with Crippen molar-refractivity contribution in [2.75, 3.05) is 38.5 Å². The summed E-state index contributed by atoms with van der Waals surface area (Å²) in [6.07, 6.45) is -13.2. The number of aliphatic hydroxyl groups is 1. The van der Waals surface area contributed by atoms with Gasteiger partial charge in [0.15, 0.2) is 24.6 Å². The predicted octanol–water partition coefficient (Wildman–Crippen LogP) is -0.157. The Morgan fingerprint density at radius 3 is 1.60 bits per heavy atom. The van der Waals surface area contributed by atoms with Crippen LogP contribution < -0.4 is 10.5 Å². The number of nitro groups is 4. The molecule has 1 fully saturated rings. The summed E-state index contributed by atoms with van der Waals surface area (Å²) >= 11 is 0. The minimum atomic E-state index is -2.22. The smallest absolute Gasteiger partial charge is 0.347 e. The largest absolute Gasteiger partial charge is 0.507 e. The van der Waals surface area contributed by atoms with Crippen molar-refractivity contribution < 1.29 is 82.3 Å². The molecule has 0 aromatic heterocycles. The highest BCUT2D eigenvalue weighted by Gasteiger charge is 2.52. The van der Waals surface area contributed by atoms with Crippen LogP contribution in [0.15, 0.2) is 48.5 Å².